The molecule has 0 radical (unpaired) electrons. The largest absolute Gasteiger partial charge is 0.392 e. The molecule has 0 unspecified atom stereocenters. The van der Waals surface area contributed by atoms with Crippen molar-refractivity contribution in [3.8, 4) is 0 Å². The third kappa shape index (κ3) is 2.92. The number of rotatable bonds is 2. The second-order valence-corrected chi connectivity index (χ2v) is 2.80. The molecular weight excluding hydrogens is 162 g/mol. The van der Waals surface area contributed by atoms with Crippen LogP contribution in [0.3, 0.4) is 0 Å². The normalized spacial score (nSPS) is 19.7. The van der Waals surface area contributed by atoms with Crippen LogP contribution < -0.4 is 10.9 Å². The molecule has 4 nitrogen and oxygen atoms in total. The molecule has 0 saturated heterocycles. The van der Waals surface area contributed by atoms with E-state index >= 15 is 0 Å². The zero-order valence-electron chi connectivity index (χ0n) is 6.12. The van der Waals surface area contributed by atoms with Gasteiger partial charge in [0.2, 0.25) is 0 Å². The van der Waals surface area contributed by atoms with E-state index in [9.17, 15) is 0 Å². The number of ether oxygens (including phenoxy) is 1. The molecule has 1 aliphatic heterocycles. The molecule has 0 bridgehead atoms. The Balaban J connectivity index is 2.53. The van der Waals surface area contributed by atoms with Gasteiger partial charge in [-0.25, -0.2) is 0 Å². The van der Waals surface area contributed by atoms with Crippen LogP contribution in [0.15, 0.2) is 16.1 Å². The van der Waals surface area contributed by atoms with Crippen molar-refractivity contribution >= 4 is 17.7 Å². The Morgan fingerprint density at radius 1 is 1.73 bits per heavy atom. The lowest BCUT2D eigenvalue weighted by molar-refractivity contribution is 0.171. The SMILES string of the molecule is NS/C(N)=C/C1=NCCOC1. The Kier molecular flexibility index (Phi) is 3.41. The monoisotopic (exact) mass is 173 g/mol. The van der Waals surface area contributed by atoms with Crippen LogP contribution >= 0.6 is 11.9 Å². The predicted molar refractivity (Wildman–Crippen MR) is 47.2 cm³/mol. The number of aliphatic imine (C=N–C) groups is 1. The first-order valence-electron chi connectivity index (χ1n) is 3.28. The summed E-state index contributed by atoms with van der Waals surface area (Å²) in [6.45, 7) is 1.96. The third-order valence-electron chi connectivity index (χ3n) is 1.25. The van der Waals surface area contributed by atoms with Crippen LogP contribution in [0.2, 0.25) is 0 Å². The summed E-state index contributed by atoms with van der Waals surface area (Å²) in [4.78, 5) is 4.18. The van der Waals surface area contributed by atoms with E-state index in [-0.39, 0.29) is 0 Å². The number of nitrogens with two attached hydrogens (primary N) is 2. The van der Waals surface area contributed by atoms with Gasteiger partial charge in [0.05, 0.1) is 30.5 Å². The van der Waals surface area contributed by atoms with E-state index in [0.29, 0.717) is 24.8 Å². The van der Waals surface area contributed by atoms with Crippen LogP contribution in [0.5, 0.6) is 0 Å². The predicted octanol–water partition coefficient (Wildman–Crippen LogP) is -0.135. The maximum atomic E-state index is 5.47. The van der Waals surface area contributed by atoms with Crippen LogP contribution in [0.4, 0.5) is 0 Å². The minimum atomic E-state index is 0.543. The molecule has 1 aliphatic rings. The van der Waals surface area contributed by atoms with E-state index in [4.69, 9.17) is 15.6 Å². The van der Waals surface area contributed by atoms with Crippen LogP contribution in [-0.2, 0) is 4.74 Å². The fraction of sp³-hybridized carbons (Fsp3) is 0.500. The highest BCUT2D eigenvalue weighted by Gasteiger charge is 2.02. The Hall–Kier alpha value is -0.520. The molecule has 4 N–H and O–H groups in total. The third-order valence-corrected chi connectivity index (χ3v) is 1.64. The standard InChI is InChI=1S/C6H11N3OS/c7-6(11-8)3-5-4-10-2-1-9-5/h3H,1-2,4,7-8H2/b6-3+. The van der Waals surface area contributed by atoms with Crippen molar-refractivity contribution in [3.63, 3.8) is 0 Å². The van der Waals surface area contributed by atoms with Crippen LogP contribution in [0.25, 0.3) is 0 Å². The Morgan fingerprint density at radius 2 is 2.55 bits per heavy atom. The molecule has 0 fully saturated rings. The molecule has 1 rings (SSSR count). The lowest BCUT2D eigenvalue weighted by atomic mass is 10.3. The van der Waals surface area contributed by atoms with E-state index in [1.165, 1.54) is 0 Å². The Labute approximate surface area is 69.8 Å². The minimum Gasteiger partial charge on any atom is -0.392 e. The van der Waals surface area contributed by atoms with E-state index in [2.05, 4.69) is 4.99 Å². The van der Waals surface area contributed by atoms with Crippen LogP contribution in [-0.4, -0.2) is 25.5 Å². The van der Waals surface area contributed by atoms with Crippen molar-refractivity contribution < 1.29 is 4.74 Å². The molecule has 0 atom stereocenters. The van der Waals surface area contributed by atoms with E-state index < -0.39 is 0 Å². The van der Waals surface area contributed by atoms with Crippen molar-refractivity contribution in [1.29, 1.82) is 0 Å². The summed E-state index contributed by atoms with van der Waals surface area (Å²) in [5.41, 5.74) is 6.33. The average Bonchev–Trinajstić information content (AvgIpc) is 2.06. The average molecular weight is 173 g/mol. The first-order valence-corrected chi connectivity index (χ1v) is 4.16. The molecule has 62 valence electrons. The van der Waals surface area contributed by atoms with Crippen LogP contribution in [0, 0.1) is 0 Å². The first-order chi connectivity index (χ1) is 5.33. The highest BCUT2D eigenvalue weighted by molar-refractivity contribution is 8.00. The maximum absolute atomic E-state index is 5.47. The molecule has 0 spiro atoms. The second kappa shape index (κ2) is 4.38. The molecule has 5 heteroatoms. The quantitative estimate of drug-likeness (QED) is 0.570. The van der Waals surface area contributed by atoms with Gasteiger partial charge < -0.3 is 10.5 Å². The Bertz CT molecular complexity index is 190. The van der Waals surface area contributed by atoms with E-state index in [0.717, 1.165) is 17.7 Å². The van der Waals surface area contributed by atoms with Gasteiger partial charge in [0, 0.05) is 0 Å². The van der Waals surface area contributed by atoms with Gasteiger partial charge >= 0.3 is 0 Å². The summed E-state index contributed by atoms with van der Waals surface area (Å²) in [6.07, 6.45) is 1.74. The maximum Gasteiger partial charge on any atom is 0.0885 e. The summed E-state index contributed by atoms with van der Waals surface area (Å²) in [6, 6.07) is 0. The van der Waals surface area contributed by atoms with Gasteiger partial charge in [-0.2, -0.15) is 0 Å². The molecule has 0 amide bonds. The van der Waals surface area contributed by atoms with Crippen molar-refractivity contribution in [2.75, 3.05) is 19.8 Å². The Morgan fingerprint density at radius 3 is 3.09 bits per heavy atom. The lowest BCUT2D eigenvalue weighted by Crippen LogP contribution is -2.17. The van der Waals surface area contributed by atoms with Crippen molar-refractivity contribution in [2.45, 2.75) is 0 Å². The number of hydrogen-bond donors (Lipinski definition) is 2. The molecular formula is C6H11N3OS. The summed E-state index contributed by atoms with van der Waals surface area (Å²) in [7, 11) is 0. The highest BCUT2D eigenvalue weighted by Crippen LogP contribution is 2.01. The first kappa shape index (κ1) is 8.58. The molecule has 0 aromatic heterocycles. The van der Waals surface area contributed by atoms with Gasteiger partial charge in [0.15, 0.2) is 0 Å². The summed E-state index contributed by atoms with van der Waals surface area (Å²) in [5.74, 6) is 0. The molecule has 0 saturated carbocycles. The highest BCUT2D eigenvalue weighted by atomic mass is 32.2. The molecule has 11 heavy (non-hydrogen) atoms. The van der Waals surface area contributed by atoms with Gasteiger partial charge in [-0.3, -0.25) is 10.1 Å². The lowest BCUT2D eigenvalue weighted by Gasteiger charge is -2.09. The summed E-state index contributed by atoms with van der Waals surface area (Å²) >= 11 is 1.02. The zero-order valence-corrected chi connectivity index (χ0v) is 6.93. The van der Waals surface area contributed by atoms with Gasteiger partial charge in [-0.05, 0) is 18.0 Å². The topological polar surface area (TPSA) is 73.6 Å². The van der Waals surface area contributed by atoms with Crippen molar-refractivity contribution in [2.24, 2.45) is 15.9 Å². The van der Waals surface area contributed by atoms with Gasteiger partial charge in [-0.1, -0.05) is 0 Å². The summed E-state index contributed by atoms with van der Waals surface area (Å²) in [5, 5.41) is 5.78. The smallest absolute Gasteiger partial charge is 0.0885 e. The fourth-order valence-corrected chi connectivity index (χ4v) is 0.966. The van der Waals surface area contributed by atoms with Gasteiger partial charge in [0.25, 0.3) is 0 Å². The van der Waals surface area contributed by atoms with Crippen LogP contribution in [0.1, 0.15) is 0 Å². The van der Waals surface area contributed by atoms with Crippen molar-refractivity contribution in [3.05, 3.63) is 11.1 Å². The second-order valence-electron chi connectivity index (χ2n) is 2.09. The fourth-order valence-electron chi connectivity index (χ4n) is 0.762. The number of nitrogens with zero attached hydrogens (tertiary/aromatic N) is 1. The molecule has 0 aromatic rings. The number of hydrogen-bond acceptors (Lipinski definition) is 5. The van der Waals surface area contributed by atoms with E-state index in [1.807, 2.05) is 0 Å². The van der Waals surface area contributed by atoms with Gasteiger partial charge in [0.1, 0.15) is 0 Å². The molecule has 0 aromatic carbocycles. The molecule has 0 aliphatic carbocycles. The van der Waals surface area contributed by atoms with Gasteiger partial charge in [-0.15, -0.1) is 0 Å². The summed E-state index contributed by atoms with van der Waals surface area (Å²) < 4.78 is 5.15. The minimum absolute atomic E-state index is 0.543. The zero-order chi connectivity index (χ0) is 8.10. The van der Waals surface area contributed by atoms with Crippen molar-refractivity contribution in [1.82, 2.24) is 0 Å². The molecule has 1 heterocycles. The van der Waals surface area contributed by atoms with E-state index in [1.54, 1.807) is 6.08 Å².